The first kappa shape index (κ1) is 10.00. The van der Waals surface area contributed by atoms with Crippen LogP contribution in [0.15, 0.2) is 35.3 Å². The van der Waals surface area contributed by atoms with Crippen molar-refractivity contribution in [1.82, 2.24) is 9.78 Å². The van der Waals surface area contributed by atoms with Gasteiger partial charge in [0.2, 0.25) is 6.08 Å². The molecule has 0 unspecified atom stereocenters. The Morgan fingerprint density at radius 3 is 2.82 bits per heavy atom. The number of hydrogen-bond donors (Lipinski definition) is 0. The Bertz CT molecular complexity index is 595. The average Bonchev–Trinajstić information content (AvgIpc) is 2.93. The van der Waals surface area contributed by atoms with Crippen molar-refractivity contribution in [1.29, 1.82) is 0 Å². The van der Waals surface area contributed by atoms with Crippen molar-refractivity contribution in [3.8, 4) is 5.69 Å². The van der Waals surface area contributed by atoms with E-state index in [0.29, 0.717) is 5.82 Å². The Hall–Kier alpha value is -2.19. The number of carbonyl (C=O) groups excluding carboxylic acids is 1. The van der Waals surface area contributed by atoms with Crippen LogP contribution in [0.3, 0.4) is 0 Å². The van der Waals surface area contributed by atoms with E-state index in [9.17, 15) is 4.79 Å². The summed E-state index contributed by atoms with van der Waals surface area (Å²) in [6.07, 6.45) is 4.63. The van der Waals surface area contributed by atoms with E-state index in [2.05, 4.69) is 10.1 Å². The van der Waals surface area contributed by atoms with Crippen molar-refractivity contribution >= 4 is 11.9 Å². The molecule has 0 spiro atoms. The SMILES string of the molecule is O=C=Nc1c2c(nn1-c1ccccc1)CCC2. The molecule has 0 atom stereocenters. The molecule has 2 aromatic rings. The highest BCUT2D eigenvalue weighted by molar-refractivity contribution is 5.56. The summed E-state index contributed by atoms with van der Waals surface area (Å²) in [5, 5.41) is 4.52. The van der Waals surface area contributed by atoms with Crippen LogP contribution in [-0.4, -0.2) is 15.9 Å². The fraction of sp³-hybridized carbons (Fsp3) is 0.231. The van der Waals surface area contributed by atoms with Gasteiger partial charge in [-0.05, 0) is 31.4 Å². The summed E-state index contributed by atoms with van der Waals surface area (Å²) in [6, 6.07) is 9.73. The first-order valence-electron chi connectivity index (χ1n) is 5.64. The summed E-state index contributed by atoms with van der Waals surface area (Å²) < 4.78 is 1.73. The molecule has 1 heterocycles. The summed E-state index contributed by atoms with van der Waals surface area (Å²) in [5.41, 5.74) is 3.08. The van der Waals surface area contributed by atoms with E-state index in [1.807, 2.05) is 30.3 Å². The maximum absolute atomic E-state index is 10.5. The summed E-state index contributed by atoms with van der Waals surface area (Å²) >= 11 is 0. The predicted molar refractivity (Wildman–Crippen MR) is 63.4 cm³/mol. The van der Waals surface area contributed by atoms with Crippen LogP contribution >= 0.6 is 0 Å². The highest BCUT2D eigenvalue weighted by Gasteiger charge is 2.22. The van der Waals surface area contributed by atoms with Crippen molar-refractivity contribution in [2.75, 3.05) is 0 Å². The zero-order valence-corrected chi connectivity index (χ0v) is 9.26. The molecule has 0 saturated carbocycles. The number of aryl methyl sites for hydroxylation is 1. The average molecular weight is 225 g/mol. The first-order valence-corrected chi connectivity index (χ1v) is 5.64. The van der Waals surface area contributed by atoms with Gasteiger partial charge in [0.05, 0.1) is 11.4 Å². The maximum Gasteiger partial charge on any atom is 0.242 e. The van der Waals surface area contributed by atoms with E-state index in [-0.39, 0.29) is 0 Å². The Balaban J connectivity index is 2.21. The van der Waals surface area contributed by atoms with Gasteiger partial charge in [0, 0.05) is 5.56 Å². The number of nitrogens with zero attached hydrogens (tertiary/aromatic N) is 3. The number of fused-ring (bicyclic) bond motifs is 1. The second kappa shape index (κ2) is 4.00. The van der Waals surface area contributed by atoms with Gasteiger partial charge in [-0.15, -0.1) is 4.99 Å². The van der Waals surface area contributed by atoms with Crippen molar-refractivity contribution in [2.45, 2.75) is 19.3 Å². The zero-order chi connectivity index (χ0) is 11.7. The van der Waals surface area contributed by atoms with Crippen LogP contribution in [0.5, 0.6) is 0 Å². The standard InChI is InChI=1S/C13H11N3O/c17-9-14-13-11-7-4-8-12(11)15-16(13)10-5-2-1-3-6-10/h1-3,5-6H,4,7-8H2. The molecule has 4 heteroatoms. The smallest absolute Gasteiger partial charge is 0.214 e. The lowest BCUT2D eigenvalue weighted by molar-refractivity contribution is 0.565. The molecule has 84 valence electrons. The van der Waals surface area contributed by atoms with Gasteiger partial charge in [-0.3, -0.25) is 0 Å². The van der Waals surface area contributed by atoms with Crippen LogP contribution in [0.1, 0.15) is 17.7 Å². The fourth-order valence-electron chi connectivity index (χ4n) is 2.28. The molecule has 0 radical (unpaired) electrons. The Morgan fingerprint density at radius 2 is 2.06 bits per heavy atom. The second-order valence-corrected chi connectivity index (χ2v) is 4.05. The lowest BCUT2D eigenvalue weighted by Gasteiger charge is -2.03. The largest absolute Gasteiger partial charge is 0.242 e. The van der Waals surface area contributed by atoms with Gasteiger partial charge < -0.3 is 0 Å². The molecular formula is C13H11N3O. The van der Waals surface area contributed by atoms with Gasteiger partial charge in [-0.2, -0.15) is 5.10 Å². The zero-order valence-electron chi connectivity index (χ0n) is 9.26. The second-order valence-electron chi connectivity index (χ2n) is 4.05. The topological polar surface area (TPSA) is 47.2 Å². The van der Waals surface area contributed by atoms with Crippen LogP contribution < -0.4 is 0 Å². The van der Waals surface area contributed by atoms with Crippen LogP contribution in [0.2, 0.25) is 0 Å². The third-order valence-electron chi connectivity index (χ3n) is 3.03. The van der Waals surface area contributed by atoms with E-state index in [4.69, 9.17) is 0 Å². The summed E-state index contributed by atoms with van der Waals surface area (Å²) in [7, 11) is 0. The van der Waals surface area contributed by atoms with E-state index in [0.717, 1.165) is 36.2 Å². The summed E-state index contributed by atoms with van der Waals surface area (Å²) in [6.45, 7) is 0. The Labute approximate surface area is 98.6 Å². The van der Waals surface area contributed by atoms with Crippen molar-refractivity contribution in [3.63, 3.8) is 0 Å². The van der Waals surface area contributed by atoms with Crippen molar-refractivity contribution in [3.05, 3.63) is 41.6 Å². The third-order valence-corrected chi connectivity index (χ3v) is 3.03. The molecule has 17 heavy (non-hydrogen) atoms. The molecule has 0 N–H and O–H groups in total. The molecule has 0 fully saturated rings. The van der Waals surface area contributed by atoms with Gasteiger partial charge in [0.25, 0.3) is 0 Å². The van der Waals surface area contributed by atoms with Gasteiger partial charge in [-0.25, -0.2) is 9.48 Å². The molecule has 3 rings (SSSR count). The maximum atomic E-state index is 10.5. The molecule has 0 aliphatic heterocycles. The molecule has 1 aliphatic rings. The fourth-order valence-corrected chi connectivity index (χ4v) is 2.28. The van der Waals surface area contributed by atoms with Crippen LogP contribution in [-0.2, 0) is 17.6 Å². The Morgan fingerprint density at radius 1 is 1.24 bits per heavy atom. The molecule has 1 aromatic heterocycles. The van der Waals surface area contributed by atoms with Gasteiger partial charge in [0.15, 0.2) is 5.82 Å². The summed E-state index contributed by atoms with van der Waals surface area (Å²) in [5.74, 6) is 0.638. The molecule has 1 aromatic carbocycles. The minimum absolute atomic E-state index is 0.638. The number of rotatable bonds is 2. The van der Waals surface area contributed by atoms with Gasteiger partial charge >= 0.3 is 0 Å². The highest BCUT2D eigenvalue weighted by atomic mass is 16.1. The first-order chi connectivity index (χ1) is 8.40. The van der Waals surface area contributed by atoms with E-state index >= 15 is 0 Å². The molecule has 0 amide bonds. The predicted octanol–water partition coefficient (Wildman–Crippen LogP) is 2.33. The van der Waals surface area contributed by atoms with Gasteiger partial charge in [0.1, 0.15) is 0 Å². The number of aliphatic imine (C=N–C) groups is 1. The normalized spacial score (nSPS) is 13.2. The van der Waals surface area contributed by atoms with Crippen molar-refractivity contribution in [2.24, 2.45) is 4.99 Å². The minimum Gasteiger partial charge on any atom is -0.214 e. The quantitative estimate of drug-likeness (QED) is 0.581. The van der Waals surface area contributed by atoms with Crippen LogP contribution in [0.25, 0.3) is 5.69 Å². The number of benzene rings is 1. The van der Waals surface area contributed by atoms with E-state index in [1.165, 1.54) is 0 Å². The number of isocyanates is 1. The highest BCUT2D eigenvalue weighted by Crippen LogP contribution is 2.32. The molecular weight excluding hydrogens is 214 g/mol. The molecule has 0 saturated heterocycles. The molecule has 1 aliphatic carbocycles. The third kappa shape index (κ3) is 1.59. The van der Waals surface area contributed by atoms with Crippen LogP contribution in [0, 0.1) is 0 Å². The lowest BCUT2D eigenvalue weighted by atomic mass is 10.2. The molecule has 4 nitrogen and oxygen atoms in total. The lowest BCUT2D eigenvalue weighted by Crippen LogP contribution is -1.97. The molecule has 0 bridgehead atoms. The van der Waals surface area contributed by atoms with E-state index in [1.54, 1.807) is 10.8 Å². The van der Waals surface area contributed by atoms with Gasteiger partial charge in [-0.1, -0.05) is 18.2 Å². The number of para-hydroxylation sites is 1. The van der Waals surface area contributed by atoms with Crippen molar-refractivity contribution < 1.29 is 4.79 Å². The summed E-state index contributed by atoms with van der Waals surface area (Å²) in [4.78, 5) is 14.3. The Kier molecular flexibility index (Phi) is 2.35. The minimum atomic E-state index is 0.638. The van der Waals surface area contributed by atoms with Crippen LogP contribution in [0.4, 0.5) is 5.82 Å². The monoisotopic (exact) mass is 225 g/mol. The number of hydrogen-bond acceptors (Lipinski definition) is 3. The number of aromatic nitrogens is 2. The van der Waals surface area contributed by atoms with E-state index < -0.39 is 0 Å².